The van der Waals surface area contributed by atoms with E-state index in [1.54, 1.807) is 18.4 Å². The van der Waals surface area contributed by atoms with E-state index in [1.165, 1.54) is 29.8 Å². The van der Waals surface area contributed by atoms with E-state index in [2.05, 4.69) is 34.2 Å². The first-order chi connectivity index (χ1) is 14.7. The quantitative estimate of drug-likeness (QED) is 0.480. The molecule has 6 nitrogen and oxygen atoms in total. The fourth-order valence-electron chi connectivity index (χ4n) is 4.07. The summed E-state index contributed by atoms with van der Waals surface area (Å²) in [6.07, 6.45) is 9.72. The van der Waals surface area contributed by atoms with Crippen LogP contribution in [0.4, 0.5) is 5.69 Å². The number of thiazole rings is 1. The average Bonchev–Trinajstić information content (AvgIpc) is 3.48. The Labute approximate surface area is 179 Å². The van der Waals surface area contributed by atoms with Gasteiger partial charge < -0.3 is 9.64 Å². The van der Waals surface area contributed by atoms with Crippen LogP contribution in [0.2, 0.25) is 0 Å². The molecule has 0 aliphatic carbocycles. The first-order valence-electron chi connectivity index (χ1n) is 10.4. The lowest BCUT2D eigenvalue weighted by Crippen LogP contribution is -2.29. The van der Waals surface area contributed by atoms with E-state index < -0.39 is 0 Å². The summed E-state index contributed by atoms with van der Waals surface area (Å²) in [7, 11) is 1.68. The van der Waals surface area contributed by atoms with E-state index in [1.807, 2.05) is 30.7 Å². The molecular weight excluding hydrogens is 394 g/mol. The van der Waals surface area contributed by atoms with Crippen molar-refractivity contribution in [3.8, 4) is 16.3 Å². The van der Waals surface area contributed by atoms with Crippen LogP contribution in [-0.2, 0) is 0 Å². The molecule has 0 saturated carbocycles. The van der Waals surface area contributed by atoms with Gasteiger partial charge in [-0.1, -0.05) is 6.92 Å². The number of anilines is 1. The number of fused-ring (bicyclic) bond motifs is 1. The zero-order valence-electron chi connectivity index (χ0n) is 17.3. The maximum atomic E-state index is 5.45. The molecule has 3 aromatic heterocycles. The number of benzene rings is 1. The van der Waals surface area contributed by atoms with Crippen LogP contribution in [0.5, 0.6) is 5.75 Å². The molecule has 0 spiro atoms. The summed E-state index contributed by atoms with van der Waals surface area (Å²) in [6.45, 7) is 4.47. The van der Waals surface area contributed by atoms with Crippen molar-refractivity contribution in [1.29, 1.82) is 0 Å². The van der Waals surface area contributed by atoms with Gasteiger partial charge in [-0.3, -0.25) is 10.1 Å². The molecule has 1 N–H and O–H groups in total. The molecule has 0 amide bonds. The Hall–Kier alpha value is -2.93. The molecule has 1 aromatic carbocycles. The number of pyridine rings is 1. The van der Waals surface area contributed by atoms with E-state index in [0.29, 0.717) is 0 Å². The van der Waals surface area contributed by atoms with Crippen LogP contribution in [0.1, 0.15) is 42.7 Å². The molecule has 154 valence electrons. The molecule has 1 atom stereocenters. The van der Waals surface area contributed by atoms with Gasteiger partial charge in [-0.2, -0.15) is 5.10 Å². The Morgan fingerprint density at radius 2 is 1.93 bits per heavy atom. The van der Waals surface area contributed by atoms with Crippen molar-refractivity contribution in [2.75, 3.05) is 25.1 Å². The zero-order valence-corrected chi connectivity index (χ0v) is 18.1. The second-order valence-electron chi connectivity index (χ2n) is 7.78. The highest BCUT2D eigenvalue weighted by Crippen LogP contribution is 2.37. The minimum atomic E-state index is 0.192. The molecule has 30 heavy (non-hydrogen) atoms. The van der Waals surface area contributed by atoms with Gasteiger partial charge in [0.25, 0.3) is 0 Å². The molecule has 1 unspecified atom stereocenters. The fraction of sp³-hybridized carbons (Fsp3) is 0.348. The van der Waals surface area contributed by atoms with Gasteiger partial charge in [0.2, 0.25) is 0 Å². The minimum Gasteiger partial charge on any atom is -0.497 e. The molecular formula is C23H25N5OS. The van der Waals surface area contributed by atoms with Gasteiger partial charge in [0.1, 0.15) is 10.8 Å². The Balaban J connectivity index is 1.41. The van der Waals surface area contributed by atoms with Crippen LogP contribution in [0.3, 0.4) is 0 Å². The summed E-state index contributed by atoms with van der Waals surface area (Å²) in [5.74, 6) is 0.985. The van der Waals surface area contributed by atoms with Crippen molar-refractivity contribution in [3.05, 3.63) is 53.4 Å². The van der Waals surface area contributed by atoms with Crippen LogP contribution in [0.15, 0.2) is 42.9 Å². The van der Waals surface area contributed by atoms with Crippen molar-refractivity contribution in [3.63, 3.8) is 0 Å². The lowest BCUT2D eigenvalue weighted by Gasteiger charge is -2.28. The number of hydrogen-bond donors (Lipinski definition) is 1. The third-order valence-electron chi connectivity index (χ3n) is 5.88. The predicted octanol–water partition coefficient (Wildman–Crippen LogP) is 5.23. The van der Waals surface area contributed by atoms with Crippen LogP contribution < -0.4 is 9.64 Å². The molecule has 1 aliphatic rings. The van der Waals surface area contributed by atoms with Crippen LogP contribution >= 0.6 is 11.3 Å². The summed E-state index contributed by atoms with van der Waals surface area (Å²) >= 11 is 1.70. The van der Waals surface area contributed by atoms with E-state index in [-0.39, 0.29) is 5.92 Å². The minimum absolute atomic E-state index is 0.192. The lowest BCUT2D eigenvalue weighted by atomic mass is 10.1. The molecule has 1 aliphatic heterocycles. The Kier molecular flexibility index (Phi) is 5.12. The smallest absolute Gasteiger partial charge is 0.124 e. The number of aromatic nitrogens is 4. The first-order valence-corrected chi connectivity index (χ1v) is 11.2. The van der Waals surface area contributed by atoms with E-state index in [4.69, 9.17) is 14.7 Å². The number of hydrogen-bond acceptors (Lipinski definition) is 6. The van der Waals surface area contributed by atoms with Gasteiger partial charge in [-0.15, -0.1) is 11.3 Å². The number of ether oxygens (including phenoxy) is 1. The lowest BCUT2D eigenvalue weighted by molar-refractivity contribution is 0.415. The number of aromatic amines is 1. The van der Waals surface area contributed by atoms with Gasteiger partial charge >= 0.3 is 0 Å². The second kappa shape index (κ2) is 8.07. The van der Waals surface area contributed by atoms with Gasteiger partial charge in [0, 0.05) is 52.8 Å². The highest BCUT2D eigenvalue weighted by atomic mass is 32.1. The number of nitrogens with one attached hydrogen (secondary N) is 1. The Bertz CT molecular complexity index is 1140. The first kappa shape index (κ1) is 19.1. The maximum absolute atomic E-state index is 5.45. The SMILES string of the molecule is COc1cc(-c2ncc(C(C)c3ccc(N4CCCCC4)cn3)s2)c2cn[nH]c2c1. The predicted molar refractivity (Wildman–Crippen MR) is 122 cm³/mol. The molecule has 0 bridgehead atoms. The summed E-state index contributed by atoms with van der Waals surface area (Å²) in [5, 5.41) is 9.22. The third kappa shape index (κ3) is 3.54. The maximum Gasteiger partial charge on any atom is 0.124 e. The van der Waals surface area contributed by atoms with Gasteiger partial charge in [-0.05, 0) is 37.5 Å². The number of piperidine rings is 1. The number of rotatable bonds is 5. The number of nitrogens with zero attached hydrogens (tertiary/aromatic N) is 4. The van der Waals surface area contributed by atoms with Crippen molar-refractivity contribution >= 4 is 27.9 Å². The molecule has 5 rings (SSSR count). The normalized spacial score (nSPS) is 15.5. The number of methoxy groups -OCH3 is 1. The highest BCUT2D eigenvalue weighted by Gasteiger charge is 2.18. The summed E-state index contributed by atoms with van der Waals surface area (Å²) in [5.41, 5.74) is 4.29. The topological polar surface area (TPSA) is 66.9 Å². The van der Waals surface area contributed by atoms with E-state index in [0.717, 1.165) is 46.0 Å². The third-order valence-corrected chi connectivity index (χ3v) is 7.10. The average molecular weight is 420 g/mol. The second-order valence-corrected chi connectivity index (χ2v) is 8.85. The van der Waals surface area contributed by atoms with E-state index >= 15 is 0 Å². The van der Waals surface area contributed by atoms with Crippen molar-refractivity contribution in [2.24, 2.45) is 0 Å². The van der Waals surface area contributed by atoms with Gasteiger partial charge in [0.05, 0.1) is 30.7 Å². The van der Waals surface area contributed by atoms with Crippen LogP contribution in [0.25, 0.3) is 21.5 Å². The Morgan fingerprint density at radius 3 is 2.70 bits per heavy atom. The summed E-state index contributed by atoms with van der Waals surface area (Å²) < 4.78 is 5.45. The molecule has 0 radical (unpaired) electrons. The summed E-state index contributed by atoms with van der Waals surface area (Å²) in [4.78, 5) is 13.1. The van der Waals surface area contributed by atoms with Gasteiger partial charge in [-0.25, -0.2) is 4.98 Å². The van der Waals surface area contributed by atoms with E-state index in [9.17, 15) is 0 Å². The zero-order chi connectivity index (χ0) is 20.5. The highest BCUT2D eigenvalue weighted by molar-refractivity contribution is 7.15. The molecule has 4 aromatic rings. The molecule has 7 heteroatoms. The van der Waals surface area contributed by atoms with Crippen molar-refractivity contribution in [2.45, 2.75) is 32.1 Å². The largest absolute Gasteiger partial charge is 0.497 e. The number of H-pyrrole nitrogens is 1. The van der Waals surface area contributed by atoms with Crippen LogP contribution in [0, 0.1) is 0 Å². The standard InChI is InChI=1S/C23H25N5OS/c1-15(20-7-6-16(12-24-20)28-8-4-3-5-9-28)22-14-25-23(30-22)18-10-17(29-2)11-21-19(18)13-26-27-21/h6-7,10-15H,3-5,8-9H2,1-2H3,(H,26,27). The van der Waals surface area contributed by atoms with Crippen LogP contribution in [-0.4, -0.2) is 40.4 Å². The molecule has 1 fully saturated rings. The van der Waals surface area contributed by atoms with Gasteiger partial charge in [0.15, 0.2) is 0 Å². The monoisotopic (exact) mass is 419 g/mol. The van der Waals surface area contributed by atoms with Crippen molar-refractivity contribution < 1.29 is 4.74 Å². The van der Waals surface area contributed by atoms with Crippen molar-refractivity contribution in [1.82, 2.24) is 20.2 Å². The molecule has 1 saturated heterocycles. The fourth-order valence-corrected chi connectivity index (χ4v) is 5.08. The Morgan fingerprint density at radius 1 is 1.07 bits per heavy atom. The molecule has 4 heterocycles. The summed E-state index contributed by atoms with van der Waals surface area (Å²) in [6, 6.07) is 8.35.